The molecule has 0 saturated carbocycles. The average Bonchev–Trinajstić information content (AvgIpc) is 2.33. The lowest BCUT2D eigenvalue weighted by atomic mass is 10.1. The summed E-state index contributed by atoms with van der Waals surface area (Å²) >= 11 is 5.84. The minimum absolute atomic E-state index is 0.721. The second kappa shape index (κ2) is 4.72. The molecule has 2 rings (SSSR count). The number of hydrogen-bond acceptors (Lipinski definition) is 3. The molecule has 0 spiro atoms. The van der Waals surface area contributed by atoms with Crippen LogP contribution in [-0.2, 0) is 0 Å². The Balaban J connectivity index is 2.30. The van der Waals surface area contributed by atoms with Crippen LogP contribution in [0.25, 0.3) is 0 Å². The Bertz CT molecular complexity index is 535. The Hall–Kier alpha value is -1.61. The van der Waals surface area contributed by atoms with Gasteiger partial charge in [0.15, 0.2) is 5.82 Å². The molecule has 88 valence electrons. The van der Waals surface area contributed by atoms with Crippen molar-refractivity contribution in [1.82, 2.24) is 10.2 Å². The fourth-order valence-corrected chi connectivity index (χ4v) is 1.64. The lowest BCUT2D eigenvalue weighted by molar-refractivity contribution is 0.951. The second-order valence-electron chi connectivity index (χ2n) is 4.02. The molecule has 0 aliphatic carbocycles. The molecular weight excluding hydrogens is 234 g/mol. The Labute approximate surface area is 106 Å². The molecule has 0 amide bonds. The van der Waals surface area contributed by atoms with E-state index in [1.54, 1.807) is 0 Å². The SMILES string of the molecule is Cc1nnc(Nc2ccc(Cl)cc2)c(C)c1C. The normalized spacial score (nSPS) is 10.4. The summed E-state index contributed by atoms with van der Waals surface area (Å²) in [5.74, 6) is 0.787. The van der Waals surface area contributed by atoms with Crippen molar-refractivity contribution in [3.63, 3.8) is 0 Å². The third-order valence-electron chi connectivity index (χ3n) is 2.87. The maximum absolute atomic E-state index is 5.84. The van der Waals surface area contributed by atoms with E-state index in [9.17, 15) is 0 Å². The number of nitrogens with zero attached hydrogens (tertiary/aromatic N) is 2. The van der Waals surface area contributed by atoms with Gasteiger partial charge in [-0.1, -0.05) is 11.6 Å². The minimum Gasteiger partial charge on any atom is -0.339 e. The van der Waals surface area contributed by atoms with Crippen molar-refractivity contribution in [1.29, 1.82) is 0 Å². The fraction of sp³-hybridized carbons (Fsp3) is 0.231. The van der Waals surface area contributed by atoms with Gasteiger partial charge in [0.05, 0.1) is 5.69 Å². The van der Waals surface area contributed by atoms with Gasteiger partial charge in [-0.05, 0) is 56.2 Å². The van der Waals surface area contributed by atoms with E-state index < -0.39 is 0 Å². The fourth-order valence-electron chi connectivity index (χ4n) is 1.51. The first kappa shape index (κ1) is 11.9. The van der Waals surface area contributed by atoms with E-state index in [2.05, 4.69) is 15.5 Å². The van der Waals surface area contributed by atoms with Crippen LogP contribution < -0.4 is 5.32 Å². The van der Waals surface area contributed by atoms with Gasteiger partial charge in [-0.15, -0.1) is 5.10 Å². The first-order valence-corrected chi connectivity index (χ1v) is 5.79. The van der Waals surface area contributed by atoms with E-state index in [4.69, 9.17) is 11.6 Å². The Kier molecular flexibility index (Phi) is 3.29. The predicted molar refractivity (Wildman–Crippen MR) is 71.0 cm³/mol. The Morgan fingerprint density at radius 2 is 1.59 bits per heavy atom. The zero-order chi connectivity index (χ0) is 12.4. The van der Waals surface area contributed by atoms with Crippen molar-refractivity contribution >= 4 is 23.1 Å². The van der Waals surface area contributed by atoms with Gasteiger partial charge >= 0.3 is 0 Å². The van der Waals surface area contributed by atoms with Gasteiger partial charge in [0.2, 0.25) is 0 Å². The third-order valence-corrected chi connectivity index (χ3v) is 3.12. The average molecular weight is 248 g/mol. The molecule has 0 unspecified atom stereocenters. The van der Waals surface area contributed by atoms with Crippen molar-refractivity contribution < 1.29 is 0 Å². The number of aromatic nitrogens is 2. The zero-order valence-electron chi connectivity index (χ0n) is 10.1. The first-order valence-electron chi connectivity index (χ1n) is 5.41. The summed E-state index contributed by atoms with van der Waals surface area (Å²) in [4.78, 5) is 0. The van der Waals surface area contributed by atoms with Crippen LogP contribution in [0, 0.1) is 20.8 Å². The molecule has 1 N–H and O–H groups in total. The van der Waals surface area contributed by atoms with Gasteiger partial charge in [-0.2, -0.15) is 5.10 Å². The highest BCUT2D eigenvalue weighted by Gasteiger charge is 2.06. The summed E-state index contributed by atoms with van der Waals surface area (Å²) in [5.41, 5.74) is 4.20. The number of benzene rings is 1. The van der Waals surface area contributed by atoms with Crippen molar-refractivity contribution in [2.24, 2.45) is 0 Å². The standard InChI is InChI=1S/C13H14ClN3/c1-8-9(2)13(17-16-10(8)3)15-12-6-4-11(14)5-7-12/h4-7H,1-3H3,(H,15,17). The molecule has 0 fully saturated rings. The predicted octanol–water partition coefficient (Wildman–Crippen LogP) is 3.80. The van der Waals surface area contributed by atoms with Crippen LogP contribution in [0.3, 0.4) is 0 Å². The van der Waals surface area contributed by atoms with Crippen molar-refractivity contribution in [2.45, 2.75) is 20.8 Å². The van der Waals surface area contributed by atoms with Crippen LogP contribution in [0.4, 0.5) is 11.5 Å². The van der Waals surface area contributed by atoms with E-state index in [1.165, 1.54) is 0 Å². The summed E-state index contributed by atoms with van der Waals surface area (Å²) < 4.78 is 0. The molecule has 0 radical (unpaired) electrons. The molecule has 1 heterocycles. The molecule has 1 aromatic carbocycles. The van der Waals surface area contributed by atoms with E-state index in [-0.39, 0.29) is 0 Å². The Morgan fingerprint density at radius 1 is 0.941 bits per heavy atom. The number of halogens is 1. The van der Waals surface area contributed by atoms with Crippen molar-refractivity contribution in [3.8, 4) is 0 Å². The highest BCUT2D eigenvalue weighted by atomic mass is 35.5. The van der Waals surface area contributed by atoms with Crippen LogP contribution in [0.1, 0.15) is 16.8 Å². The quantitative estimate of drug-likeness (QED) is 0.877. The smallest absolute Gasteiger partial charge is 0.156 e. The zero-order valence-corrected chi connectivity index (χ0v) is 10.8. The largest absolute Gasteiger partial charge is 0.339 e. The maximum Gasteiger partial charge on any atom is 0.156 e. The summed E-state index contributed by atoms with van der Waals surface area (Å²) in [5, 5.41) is 12.2. The monoisotopic (exact) mass is 247 g/mol. The van der Waals surface area contributed by atoms with Crippen LogP contribution in [0.5, 0.6) is 0 Å². The van der Waals surface area contributed by atoms with E-state index in [0.29, 0.717) is 0 Å². The summed E-state index contributed by atoms with van der Waals surface area (Å²) in [7, 11) is 0. The molecule has 1 aromatic heterocycles. The van der Waals surface area contributed by atoms with Gasteiger partial charge in [-0.25, -0.2) is 0 Å². The van der Waals surface area contributed by atoms with Gasteiger partial charge in [-0.3, -0.25) is 0 Å². The van der Waals surface area contributed by atoms with Gasteiger partial charge in [0.1, 0.15) is 0 Å². The van der Waals surface area contributed by atoms with Crippen molar-refractivity contribution in [2.75, 3.05) is 5.32 Å². The topological polar surface area (TPSA) is 37.8 Å². The highest BCUT2D eigenvalue weighted by Crippen LogP contribution is 2.22. The summed E-state index contributed by atoms with van der Waals surface area (Å²) in [6.07, 6.45) is 0. The minimum atomic E-state index is 0.721. The number of aryl methyl sites for hydroxylation is 1. The molecule has 0 bridgehead atoms. The van der Waals surface area contributed by atoms with Crippen LogP contribution >= 0.6 is 11.6 Å². The number of rotatable bonds is 2. The second-order valence-corrected chi connectivity index (χ2v) is 4.45. The molecule has 17 heavy (non-hydrogen) atoms. The molecule has 0 aliphatic rings. The van der Waals surface area contributed by atoms with E-state index in [1.807, 2.05) is 45.0 Å². The van der Waals surface area contributed by atoms with Gasteiger partial charge in [0, 0.05) is 10.7 Å². The molecule has 4 heteroatoms. The molecule has 0 atom stereocenters. The molecule has 2 aromatic rings. The number of hydrogen-bond donors (Lipinski definition) is 1. The summed E-state index contributed by atoms with van der Waals surface area (Å²) in [6, 6.07) is 7.51. The molecule has 0 aliphatic heterocycles. The van der Waals surface area contributed by atoms with Gasteiger partial charge < -0.3 is 5.32 Å². The van der Waals surface area contributed by atoms with E-state index in [0.717, 1.165) is 33.3 Å². The first-order chi connectivity index (χ1) is 8.08. The lowest BCUT2D eigenvalue weighted by Gasteiger charge is -2.10. The van der Waals surface area contributed by atoms with E-state index >= 15 is 0 Å². The molecule has 0 saturated heterocycles. The Morgan fingerprint density at radius 3 is 2.24 bits per heavy atom. The van der Waals surface area contributed by atoms with Crippen LogP contribution in [0.2, 0.25) is 5.02 Å². The third kappa shape index (κ3) is 2.56. The van der Waals surface area contributed by atoms with Crippen LogP contribution in [0.15, 0.2) is 24.3 Å². The number of anilines is 2. The van der Waals surface area contributed by atoms with Gasteiger partial charge in [0.25, 0.3) is 0 Å². The maximum atomic E-state index is 5.84. The number of nitrogens with one attached hydrogen (secondary N) is 1. The lowest BCUT2D eigenvalue weighted by Crippen LogP contribution is -2.02. The van der Waals surface area contributed by atoms with Crippen LogP contribution in [-0.4, -0.2) is 10.2 Å². The molecule has 3 nitrogen and oxygen atoms in total. The van der Waals surface area contributed by atoms with Crippen molar-refractivity contribution in [3.05, 3.63) is 46.1 Å². The highest BCUT2D eigenvalue weighted by molar-refractivity contribution is 6.30. The molecular formula is C13H14ClN3. The summed E-state index contributed by atoms with van der Waals surface area (Å²) in [6.45, 7) is 6.04.